The number of aliphatic carboxylic acids is 1. The number of carboxylic acids is 1. The molecule has 11 nitrogen and oxygen atoms in total. The third kappa shape index (κ3) is 7.48. The van der Waals surface area contributed by atoms with Crippen LogP contribution in [0.4, 0.5) is 22.2 Å². The summed E-state index contributed by atoms with van der Waals surface area (Å²) in [6, 6.07) is 0. The molecule has 0 saturated heterocycles. The van der Waals surface area contributed by atoms with Crippen molar-refractivity contribution in [3.8, 4) is 0 Å². The zero-order valence-electron chi connectivity index (χ0n) is 13.5. The molecule has 0 spiro atoms. The number of aromatic nitrogens is 2. The van der Waals surface area contributed by atoms with Crippen LogP contribution in [0.25, 0.3) is 0 Å². The van der Waals surface area contributed by atoms with Gasteiger partial charge in [0.15, 0.2) is 10.9 Å². The van der Waals surface area contributed by atoms with E-state index in [0.29, 0.717) is 25.8 Å². The molecule has 1 amide bonds. The molecule has 12 heteroatoms. The number of nitrogens with zero attached hydrogens (tertiary/aromatic N) is 1. The zero-order valence-corrected chi connectivity index (χ0v) is 14.4. The van der Waals surface area contributed by atoms with Gasteiger partial charge in [-0.1, -0.05) is 6.42 Å². The molecule has 0 radical (unpaired) electrons. The molecule has 7 N–H and O–H groups in total. The summed E-state index contributed by atoms with van der Waals surface area (Å²) in [5.41, 5.74) is 4.94. The Hall–Kier alpha value is -2.89. The number of anilines is 3. The predicted octanol–water partition coefficient (Wildman–Crippen LogP) is 0.462. The van der Waals surface area contributed by atoms with Crippen molar-refractivity contribution in [2.45, 2.75) is 25.7 Å². The number of carbonyl (C=O) groups is 2. The minimum Gasteiger partial charge on any atom is -0.481 e. The maximum absolute atomic E-state index is 12.0. The van der Waals surface area contributed by atoms with Crippen LogP contribution in [0.2, 0.25) is 0 Å². The number of nitrogen functional groups attached to an aromatic ring is 1. The Morgan fingerprint density at radius 3 is 2.72 bits per heavy atom. The highest BCUT2D eigenvalue weighted by Crippen LogP contribution is 2.15. The Kier molecular flexibility index (Phi) is 8.12. The lowest BCUT2D eigenvalue weighted by molar-refractivity contribution is -0.137. The maximum atomic E-state index is 12.0. The number of thiocarbonyl (C=S) groups is 1. The van der Waals surface area contributed by atoms with Gasteiger partial charge in [0.2, 0.25) is 5.95 Å². The summed E-state index contributed by atoms with van der Waals surface area (Å²) in [5.74, 6) is -0.764. The van der Waals surface area contributed by atoms with Gasteiger partial charge in [0.05, 0.1) is 7.11 Å². The molecule has 1 rings (SSSR count). The molecule has 1 aromatic rings. The fourth-order valence-corrected chi connectivity index (χ4v) is 1.99. The number of methoxy groups -OCH3 is 1. The molecule has 0 bridgehead atoms. The SMILES string of the molecule is COC(=O)NC(=S)Nc1c(NCCCCCC(=O)O)nc(N)[nH]c1=O. The second-order valence-electron chi connectivity index (χ2n) is 4.88. The first-order chi connectivity index (χ1) is 11.8. The molecular formula is C13H20N6O5S. The number of rotatable bonds is 8. The van der Waals surface area contributed by atoms with E-state index >= 15 is 0 Å². The standard InChI is InChI=1S/C13H20N6O5S/c1-24-13(23)19-12(25)16-8-9(17-11(14)18-10(8)22)15-6-4-2-3-5-7(20)21/h2-6H2,1H3,(H,20,21)(H2,16,19,23,25)(H4,14,15,17,18,22). The highest BCUT2D eigenvalue weighted by molar-refractivity contribution is 7.80. The van der Waals surface area contributed by atoms with Crippen LogP contribution in [0.3, 0.4) is 0 Å². The number of nitrogens with two attached hydrogens (primary N) is 1. The lowest BCUT2D eigenvalue weighted by atomic mass is 10.2. The van der Waals surface area contributed by atoms with Crippen LogP contribution in [0.1, 0.15) is 25.7 Å². The zero-order chi connectivity index (χ0) is 18.8. The monoisotopic (exact) mass is 372 g/mol. The largest absolute Gasteiger partial charge is 0.481 e. The first-order valence-electron chi connectivity index (χ1n) is 7.35. The summed E-state index contributed by atoms with van der Waals surface area (Å²) in [6.45, 7) is 0.446. The van der Waals surface area contributed by atoms with Crippen LogP contribution in [0.15, 0.2) is 4.79 Å². The summed E-state index contributed by atoms with van der Waals surface area (Å²) in [5, 5.41) is 16.1. The van der Waals surface area contributed by atoms with E-state index < -0.39 is 17.6 Å². The number of ether oxygens (including phenoxy) is 1. The number of unbranched alkanes of at least 4 members (excludes halogenated alkanes) is 2. The lowest BCUT2D eigenvalue weighted by Gasteiger charge is -2.13. The molecule has 0 aromatic carbocycles. The van der Waals surface area contributed by atoms with Gasteiger partial charge in [-0.15, -0.1) is 0 Å². The quantitative estimate of drug-likeness (QED) is 0.278. The van der Waals surface area contributed by atoms with E-state index in [1.807, 2.05) is 0 Å². The maximum Gasteiger partial charge on any atom is 0.413 e. The number of carbonyl (C=O) groups excluding carboxylic acids is 1. The molecule has 1 aromatic heterocycles. The summed E-state index contributed by atoms with van der Waals surface area (Å²) in [7, 11) is 1.17. The number of hydrogen-bond donors (Lipinski definition) is 6. The van der Waals surface area contributed by atoms with Gasteiger partial charge >= 0.3 is 12.1 Å². The first kappa shape index (κ1) is 20.2. The van der Waals surface area contributed by atoms with Gasteiger partial charge in [0.25, 0.3) is 5.56 Å². The predicted molar refractivity (Wildman–Crippen MR) is 95.6 cm³/mol. The van der Waals surface area contributed by atoms with Crippen LogP contribution >= 0.6 is 12.2 Å². The second kappa shape index (κ2) is 10.1. The molecule has 0 unspecified atom stereocenters. The van der Waals surface area contributed by atoms with Gasteiger partial charge in [0, 0.05) is 13.0 Å². The third-order valence-corrected chi connectivity index (χ3v) is 3.14. The van der Waals surface area contributed by atoms with E-state index in [0.717, 1.165) is 0 Å². The summed E-state index contributed by atoms with van der Waals surface area (Å²) in [4.78, 5) is 39.9. The number of alkyl carbamates (subject to hydrolysis) is 1. The molecule has 0 aliphatic rings. The molecule has 138 valence electrons. The normalized spacial score (nSPS) is 9.96. The van der Waals surface area contributed by atoms with Crippen molar-refractivity contribution in [3.63, 3.8) is 0 Å². The lowest BCUT2D eigenvalue weighted by Crippen LogP contribution is -2.36. The summed E-state index contributed by atoms with van der Waals surface area (Å²) < 4.78 is 4.40. The van der Waals surface area contributed by atoms with Crippen molar-refractivity contribution in [2.24, 2.45) is 0 Å². The molecule has 0 atom stereocenters. The number of hydrogen-bond acceptors (Lipinski definition) is 8. The highest BCUT2D eigenvalue weighted by atomic mass is 32.1. The third-order valence-electron chi connectivity index (χ3n) is 2.94. The average Bonchev–Trinajstić information content (AvgIpc) is 2.53. The van der Waals surface area contributed by atoms with Crippen molar-refractivity contribution in [2.75, 3.05) is 30.0 Å². The smallest absolute Gasteiger partial charge is 0.413 e. The van der Waals surface area contributed by atoms with Crippen molar-refractivity contribution in [1.82, 2.24) is 15.3 Å². The van der Waals surface area contributed by atoms with Crippen LogP contribution in [-0.4, -0.2) is 45.9 Å². The Labute approximate surface area is 148 Å². The summed E-state index contributed by atoms with van der Waals surface area (Å²) >= 11 is 4.91. The Bertz CT molecular complexity index is 692. The highest BCUT2D eigenvalue weighted by Gasteiger charge is 2.13. The minimum absolute atomic E-state index is 0.0128. The molecule has 0 fully saturated rings. The van der Waals surface area contributed by atoms with Crippen LogP contribution in [-0.2, 0) is 9.53 Å². The molecule has 1 heterocycles. The van der Waals surface area contributed by atoms with E-state index in [9.17, 15) is 14.4 Å². The first-order valence-corrected chi connectivity index (χ1v) is 7.75. The number of nitrogens with one attached hydrogen (secondary N) is 4. The van der Waals surface area contributed by atoms with Crippen LogP contribution < -0.4 is 27.2 Å². The fourth-order valence-electron chi connectivity index (χ4n) is 1.81. The molecule has 25 heavy (non-hydrogen) atoms. The van der Waals surface area contributed by atoms with Crippen molar-refractivity contribution in [3.05, 3.63) is 10.4 Å². The van der Waals surface area contributed by atoms with Gasteiger partial charge in [-0.3, -0.25) is 19.9 Å². The fraction of sp³-hybridized carbons (Fsp3) is 0.462. The number of carboxylic acid groups (broad SMARTS) is 1. The average molecular weight is 372 g/mol. The number of H-pyrrole nitrogens is 1. The van der Waals surface area contributed by atoms with Gasteiger partial charge in [-0.25, -0.2) is 4.79 Å². The van der Waals surface area contributed by atoms with E-state index in [1.165, 1.54) is 7.11 Å². The minimum atomic E-state index is -0.838. The Balaban J connectivity index is 2.68. The van der Waals surface area contributed by atoms with E-state index in [-0.39, 0.29) is 29.0 Å². The van der Waals surface area contributed by atoms with Crippen LogP contribution in [0, 0.1) is 0 Å². The van der Waals surface area contributed by atoms with Gasteiger partial charge in [0.1, 0.15) is 5.69 Å². The summed E-state index contributed by atoms with van der Waals surface area (Å²) in [6.07, 6.45) is 1.25. The van der Waals surface area contributed by atoms with Crippen LogP contribution in [0.5, 0.6) is 0 Å². The number of amides is 1. The molecular weight excluding hydrogens is 352 g/mol. The van der Waals surface area contributed by atoms with Gasteiger partial charge < -0.3 is 26.2 Å². The molecule has 0 saturated carbocycles. The van der Waals surface area contributed by atoms with Crippen molar-refractivity contribution in [1.29, 1.82) is 0 Å². The van der Waals surface area contributed by atoms with Crippen molar-refractivity contribution < 1.29 is 19.4 Å². The number of aromatic amines is 1. The van der Waals surface area contributed by atoms with Crippen molar-refractivity contribution >= 4 is 46.8 Å². The van der Waals surface area contributed by atoms with E-state index in [4.69, 9.17) is 23.1 Å². The van der Waals surface area contributed by atoms with Gasteiger partial charge in [-0.05, 0) is 25.1 Å². The Morgan fingerprint density at radius 1 is 1.36 bits per heavy atom. The van der Waals surface area contributed by atoms with E-state index in [2.05, 4.69) is 30.7 Å². The van der Waals surface area contributed by atoms with E-state index in [1.54, 1.807) is 0 Å². The Morgan fingerprint density at radius 2 is 2.08 bits per heavy atom. The topological polar surface area (TPSA) is 171 Å². The van der Waals surface area contributed by atoms with Gasteiger partial charge in [-0.2, -0.15) is 4.98 Å². The molecule has 0 aliphatic carbocycles. The second-order valence-corrected chi connectivity index (χ2v) is 5.28. The molecule has 0 aliphatic heterocycles.